The van der Waals surface area contributed by atoms with Crippen LogP contribution in [0.25, 0.3) is 0 Å². The molecular formula is C44H49N5O8Si. The third-order valence-corrected chi connectivity index (χ3v) is 17.3. The van der Waals surface area contributed by atoms with E-state index in [2.05, 4.69) is 18.4 Å². The maximum absolute atomic E-state index is 15.3. The maximum Gasteiger partial charge on any atom is 0.269 e. The molecule has 0 saturated carbocycles. The standard InChI is InChI=1S/C44H49N5O8Si/c1-28-42(58(3,4)36-16-14-35(56-2)15-17-36)39(23-40(51)47-26-31-8-6-5-7-30(31)21-34(47)27-50)57-44(28)37-22-33(49(54)55)13-18-38(37)48(43(44)53)25-29-9-11-32(12-10-29)46-20-19-45-24-41(46)52/h5-18,22,28,34,39,42,45,50H,19-21,23-27H2,1-4H3/t28-,34+,39+,42-,44+/m1/s1. The number of nitro groups is 1. The molecule has 4 aliphatic rings. The van der Waals surface area contributed by atoms with E-state index in [0.717, 1.165) is 27.6 Å². The van der Waals surface area contributed by atoms with E-state index in [-0.39, 0.29) is 55.1 Å². The predicted molar refractivity (Wildman–Crippen MR) is 222 cm³/mol. The van der Waals surface area contributed by atoms with E-state index in [4.69, 9.17) is 9.47 Å². The lowest BCUT2D eigenvalue weighted by Crippen LogP contribution is -2.52. The number of fused-ring (bicyclic) bond motifs is 3. The molecule has 4 aliphatic heterocycles. The minimum atomic E-state index is -2.65. The number of hydrogen-bond donors (Lipinski definition) is 2. The van der Waals surface area contributed by atoms with E-state index in [1.807, 2.05) is 79.7 Å². The van der Waals surface area contributed by atoms with Crippen molar-refractivity contribution in [3.63, 3.8) is 0 Å². The van der Waals surface area contributed by atoms with Gasteiger partial charge in [-0.3, -0.25) is 24.5 Å². The van der Waals surface area contributed by atoms with Gasteiger partial charge in [0.1, 0.15) is 5.75 Å². The van der Waals surface area contributed by atoms with Crippen molar-refractivity contribution in [2.24, 2.45) is 5.92 Å². The Morgan fingerprint density at radius 1 is 1.03 bits per heavy atom. The summed E-state index contributed by atoms with van der Waals surface area (Å²) in [5, 5.41) is 26.9. The number of nitrogens with one attached hydrogen (secondary N) is 1. The summed E-state index contributed by atoms with van der Waals surface area (Å²) in [6.07, 6.45) is -0.239. The number of aliphatic hydroxyl groups is 1. The molecular weight excluding hydrogens is 755 g/mol. The number of methoxy groups -OCH3 is 1. The van der Waals surface area contributed by atoms with Crippen LogP contribution in [0.15, 0.2) is 91.0 Å². The molecule has 3 amide bonds. The number of benzene rings is 4. The number of carbonyl (C=O) groups excluding carboxylic acids is 3. The molecule has 4 aromatic rings. The molecule has 13 nitrogen and oxygen atoms in total. The zero-order valence-corrected chi connectivity index (χ0v) is 34.2. The topological polar surface area (TPSA) is 155 Å². The molecule has 1 spiro atoms. The van der Waals surface area contributed by atoms with Crippen LogP contribution >= 0.6 is 0 Å². The SMILES string of the molecule is COc1ccc([Si](C)(C)[C@H]2[C@H](CC(=O)N3Cc4ccccc4C[C@H]3CO)O[C@@]3(C(=O)N(Cc4ccc(N5CCNCC5=O)cc4)c4ccc([N+](=O)[O-])cc43)[C@@H]2C)cc1. The number of hydrogen-bond acceptors (Lipinski definition) is 9. The lowest BCUT2D eigenvalue weighted by Gasteiger charge is -2.39. The Bertz CT molecular complexity index is 2250. The average molecular weight is 804 g/mol. The van der Waals surface area contributed by atoms with Gasteiger partial charge in [0.2, 0.25) is 11.8 Å². The minimum absolute atomic E-state index is 0.0146. The zero-order chi connectivity index (χ0) is 40.9. The van der Waals surface area contributed by atoms with Crippen LogP contribution in [0.1, 0.15) is 35.6 Å². The number of non-ortho nitro benzene ring substituents is 1. The highest BCUT2D eigenvalue weighted by Gasteiger charge is 2.67. The number of amides is 3. The second-order valence-electron chi connectivity index (χ2n) is 16.4. The molecule has 302 valence electrons. The number of nitrogens with zero attached hydrogens (tertiary/aromatic N) is 4. The number of carbonyl (C=O) groups is 3. The summed E-state index contributed by atoms with van der Waals surface area (Å²) < 4.78 is 12.6. The smallest absolute Gasteiger partial charge is 0.269 e. The van der Waals surface area contributed by atoms with Gasteiger partial charge in [-0.05, 0) is 59.0 Å². The summed E-state index contributed by atoms with van der Waals surface area (Å²) in [5.74, 6) is -0.319. The highest BCUT2D eigenvalue weighted by atomic mass is 28.3. The van der Waals surface area contributed by atoms with E-state index >= 15 is 4.79 Å². The molecule has 0 aromatic heterocycles. The Kier molecular flexibility index (Phi) is 10.5. The van der Waals surface area contributed by atoms with Crippen LogP contribution in [0.2, 0.25) is 18.6 Å². The predicted octanol–water partition coefficient (Wildman–Crippen LogP) is 4.64. The molecule has 14 heteroatoms. The Morgan fingerprint density at radius 2 is 1.76 bits per heavy atom. The van der Waals surface area contributed by atoms with Crippen molar-refractivity contribution in [2.45, 2.75) is 69.2 Å². The molecule has 2 N–H and O–H groups in total. The largest absolute Gasteiger partial charge is 0.497 e. The molecule has 0 bridgehead atoms. The highest BCUT2D eigenvalue weighted by molar-refractivity contribution is 6.91. The van der Waals surface area contributed by atoms with Gasteiger partial charge in [-0.25, -0.2) is 0 Å². The number of anilines is 2. The number of nitro benzene ring substituents is 1. The minimum Gasteiger partial charge on any atom is -0.497 e. The quantitative estimate of drug-likeness (QED) is 0.133. The Balaban J connectivity index is 1.18. The van der Waals surface area contributed by atoms with E-state index in [1.54, 1.807) is 27.9 Å². The van der Waals surface area contributed by atoms with Crippen LogP contribution in [0.3, 0.4) is 0 Å². The molecule has 0 aliphatic carbocycles. The molecule has 5 atom stereocenters. The summed E-state index contributed by atoms with van der Waals surface area (Å²) >= 11 is 0. The van der Waals surface area contributed by atoms with Crippen LogP contribution < -0.4 is 25.0 Å². The summed E-state index contributed by atoms with van der Waals surface area (Å²) in [4.78, 5) is 59.4. The lowest BCUT2D eigenvalue weighted by molar-refractivity contribution is -0.385. The first-order chi connectivity index (χ1) is 27.9. The van der Waals surface area contributed by atoms with Crippen LogP contribution in [-0.2, 0) is 44.2 Å². The Hall–Kier alpha value is -5.41. The van der Waals surface area contributed by atoms with Crippen molar-refractivity contribution in [1.82, 2.24) is 10.2 Å². The lowest BCUT2D eigenvalue weighted by atomic mass is 9.82. The normalized spacial score (nSPS) is 24.3. The Labute approximate surface area is 338 Å². The fraction of sp³-hybridized carbons (Fsp3) is 0.386. The molecule has 2 saturated heterocycles. The molecule has 4 heterocycles. The van der Waals surface area contributed by atoms with E-state index < -0.39 is 36.7 Å². The van der Waals surface area contributed by atoms with E-state index in [0.29, 0.717) is 43.1 Å². The first kappa shape index (κ1) is 39.4. The van der Waals surface area contributed by atoms with Gasteiger partial charge in [-0.15, -0.1) is 0 Å². The third-order valence-electron chi connectivity index (χ3n) is 13.0. The van der Waals surface area contributed by atoms with Crippen molar-refractivity contribution in [1.29, 1.82) is 0 Å². The van der Waals surface area contributed by atoms with Crippen LogP contribution in [0, 0.1) is 16.0 Å². The number of aliphatic hydroxyl groups excluding tert-OH is 1. The first-order valence-corrected chi connectivity index (χ1v) is 23.0. The number of piperazine rings is 1. The summed E-state index contributed by atoms with van der Waals surface area (Å²) in [6.45, 7) is 8.27. The van der Waals surface area contributed by atoms with E-state index in [1.165, 1.54) is 12.1 Å². The van der Waals surface area contributed by atoms with Gasteiger partial charge in [0.15, 0.2) is 5.60 Å². The molecule has 8 rings (SSSR count). The van der Waals surface area contributed by atoms with Crippen molar-refractivity contribution in [3.05, 3.63) is 123 Å². The number of ether oxygens (including phenoxy) is 2. The van der Waals surface area contributed by atoms with Crippen molar-refractivity contribution >= 4 is 48.0 Å². The van der Waals surface area contributed by atoms with Gasteiger partial charge in [0.25, 0.3) is 11.6 Å². The molecule has 0 unspecified atom stereocenters. The monoisotopic (exact) mass is 803 g/mol. The van der Waals surface area contributed by atoms with Gasteiger partial charge in [-0.1, -0.05) is 73.7 Å². The third kappa shape index (κ3) is 6.67. The van der Waals surface area contributed by atoms with Crippen LogP contribution in [0.4, 0.5) is 17.1 Å². The second kappa shape index (κ2) is 15.4. The maximum atomic E-state index is 15.3. The average Bonchev–Trinajstić information content (AvgIpc) is 3.66. The van der Waals surface area contributed by atoms with Gasteiger partial charge in [-0.2, -0.15) is 0 Å². The summed E-state index contributed by atoms with van der Waals surface area (Å²) in [5.41, 5.74) is 2.57. The molecule has 58 heavy (non-hydrogen) atoms. The van der Waals surface area contributed by atoms with Gasteiger partial charge in [0.05, 0.1) is 64.1 Å². The van der Waals surface area contributed by atoms with Gasteiger partial charge in [0, 0.05) is 48.9 Å². The zero-order valence-electron chi connectivity index (χ0n) is 33.2. The Morgan fingerprint density at radius 3 is 2.43 bits per heavy atom. The fourth-order valence-electron chi connectivity index (χ4n) is 9.95. The first-order valence-electron chi connectivity index (χ1n) is 19.9. The summed E-state index contributed by atoms with van der Waals surface area (Å²) in [6, 6.07) is 27.5. The van der Waals surface area contributed by atoms with Gasteiger partial charge < -0.3 is 34.6 Å². The van der Waals surface area contributed by atoms with Crippen molar-refractivity contribution in [3.8, 4) is 5.75 Å². The highest BCUT2D eigenvalue weighted by Crippen LogP contribution is 2.60. The second-order valence-corrected chi connectivity index (χ2v) is 21.1. The van der Waals surface area contributed by atoms with Crippen molar-refractivity contribution < 1.29 is 33.9 Å². The van der Waals surface area contributed by atoms with Crippen LogP contribution in [-0.4, -0.2) is 86.2 Å². The van der Waals surface area contributed by atoms with Gasteiger partial charge >= 0.3 is 0 Å². The molecule has 4 aromatic carbocycles. The van der Waals surface area contributed by atoms with Crippen molar-refractivity contribution in [2.75, 3.05) is 43.2 Å². The van der Waals surface area contributed by atoms with E-state index in [9.17, 15) is 24.8 Å². The molecule has 0 radical (unpaired) electrons. The molecule has 2 fully saturated rings. The summed E-state index contributed by atoms with van der Waals surface area (Å²) in [7, 11) is -1.04. The number of rotatable bonds is 10. The van der Waals surface area contributed by atoms with Crippen LogP contribution in [0.5, 0.6) is 5.75 Å². The fourth-order valence-corrected chi connectivity index (χ4v) is 14.0.